The number of Topliss-reactive ketones (excluding diaryl/α,β-unsaturated/α-hetero) is 1. The van der Waals surface area contributed by atoms with Crippen molar-refractivity contribution in [1.29, 1.82) is 0 Å². The molecule has 0 amide bonds. The van der Waals surface area contributed by atoms with Crippen LogP contribution in [-0.2, 0) is 6.42 Å². The summed E-state index contributed by atoms with van der Waals surface area (Å²) in [7, 11) is 3.15. The van der Waals surface area contributed by atoms with E-state index in [1.807, 2.05) is 6.07 Å². The molecule has 4 rings (SSSR count). The molecular formula is C32H44FNO3. The van der Waals surface area contributed by atoms with E-state index >= 15 is 4.39 Å². The van der Waals surface area contributed by atoms with Gasteiger partial charge in [-0.25, -0.2) is 4.39 Å². The third-order valence-electron chi connectivity index (χ3n) is 8.43. The molecule has 0 spiro atoms. The summed E-state index contributed by atoms with van der Waals surface area (Å²) < 4.78 is 26.9. The van der Waals surface area contributed by atoms with Crippen LogP contribution in [0.2, 0.25) is 0 Å². The van der Waals surface area contributed by atoms with Crippen molar-refractivity contribution in [3.05, 3.63) is 58.7 Å². The first-order chi connectivity index (χ1) is 17.4. The lowest BCUT2D eigenvalue weighted by atomic mass is 9.85. The van der Waals surface area contributed by atoms with Crippen molar-refractivity contribution in [2.75, 3.05) is 20.8 Å². The Bertz CT molecular complexity index is 1110. The van der Waals surface area contributed by atoms with Crippen LogP contribution >= 0.6 is 0 Å². The maximum atomic E-state index is 16.1. The first-order valence-electron chi connectivity index (χ1n) is 13.7. The summed E-state index contributed by atoms with van der Waals surface area (Å²) in [4.78, 5) is 15.7. The number of methoxy groups -OCH3 is 2. The minimum Gasteiger partial charge on any atom is -0.493 e. The molecule has 0 radical (unpaired) electrons. The molecule has 0 N–H and O–H groups in total. The van der Waals surface area contributed by atoms with Crippen LogP contribution in [0.3, 0.4) is 0 Å². The molecule has 1 fully saturated rings. The molecule has 0 aromatic heterocycles. The van der Waals surface area contributed by atoms with Gasteiger partial charge in [0.05, 0.1) is 14.2 Å². The fourth-order valence-electron chi connectivity index (χ4n) is 6.30. The molecule has 3 aliphatic rings. The Kier molecular flexibility index (Phi) is 8.04. The van der Waals surface area contributed by atoms with Gasteiger partial charge < -0.3 is 9.47 Å². The van der Waals surface area contributed by atoms with Gasteiger partial charge in [-0.3, -0.25) is 9.69 Å². The summed E-state index contributed by atoms with van der Waals surface area (Å²) in [6.07, 6.45) is 13.3. The molecule has 1 aliphatic heterocycles. The minimum absolute atomic E-state index is 0.0216. The average Bonchev–Trinajstić information content (AvgIpc) is 3.18. The molecule has 1 aromatic carbocycles. The van der Waals surface area contributed by atoms with Gasteiger partial charge in [-0.05, 0) is 81.1 Å². The molecule has 1 aromatic rings. The molecule has 4 nitrogen and oxygen atoms in total. The van der Waals surface area contributed by atoms with Crippen LogP contribution < -0.4 is 9.47 Å². The van der Waals surface area contributed by atoms with Gasteiger partial charge in [0.25, 0.3) is 0 Å². The Morgan fingerprint density at radius 2 is 1.73 bits per heavy atom. The third kappa shape index (κ3) is 6.19. The smallest absolute Gasteiger partial charge is 0.166 e. The van der Waals surface area contributed by atoms with Gasteiger partial charge in [-0.15, -0.1) is 0 Å². The Hall–Kier alpha value is -2.40. The fourth-order valence-corrected chi connectivity index (χ4v) is 6.30. The molecule has 0 bridgehead atoms. The molecule has 37 heavy (non-hydrogen) atoms. The highest BCUT2D eigenvalue weighted by molar-refractivity contribution is 6.03. The van der Waals surface area contributed by atoms with Gasteiger partial charge in [-0.2, -0.15) is 0 Å². The first kappa shape index (κ1) is 27.6. The van der Waals surface area contributed by atoms with Gasteiger partial charge >= 0.3 is 0 Å². The van der Waals surface area contributed by atoms with Gasteiger partial charge in [0, 0.05) is 30.1 Å². The lowest BCUT2D eigenvalue weighted by Crippen LogP contribution is -2.40. The summed E-state index contributed by atoms with van der Waals surface area (Å²) >= 11 is 0. The number of ketones is 1. The molecule has 0 saturated carbocycles. The second kappa shape index (κ2) is 10.8. The lowest BCUT2D eigenvalue weighted by molar-refractivity contribution is 0.0713. The van der Waals surface area contributed by atoms with Crippen LogP contribution in [0.1, 0.15) is 82.6 Å². The molecule has 2 aliphatic carbocycles. The number of hydrogen-bond donors (Lipinski definition) is 0. The summed E-state index contributed by atoms with van der Waals surface area (Å²) in [5.74, 6) is 0.833. The predicted molar refractivity (Wildman–Crippen MR) is 148 cm³/mol. The Morgan fingerprint density at radius 3 is 2.41 bits per heavy atom. The number of halogens is 1. The number of benzene rings is 1. The van der Waals surface area contributed by atoms with Crippen LogP contribution in [0.5, 0.6) is 11.5 Å². The Labute approximate surface area is 222 Å². The van der Waals surface area contributed by atoms with E-state index in [-0.39, 0.29) is 29.6 Å². The zero-order valence-corrected chi connectivity index (χ0v) is 23.7. The molecular weight excluding hydrogens is 465 g/mol. The van der Waals surface area contributed by atoms with E-state index in [1.165, 1.54) is 11.1 Å². The number of carbonyl (C=O) groups excluding carboxylic acids is 1. The van der Waals surface area contributed by atoms with Crippen molar-refractivity contribution < 1.29 is 18.7 Å². The van der Waals surface area contributed by atoms with Crippen LogP contribution in [-0.4, -0.2) is 49.2 Å². The molecule has 202 valence electrons. The van der Waals surface area contributed by atoms with E-state index in [0.717, 1.165) is 31.4 Å². The number of ether oxygens (including phenoxy) is 2. The standard InChI is InChI=1S/C32H44FNO3/c1-21-11-14-26(34(21)20-22-9-8-10-25(13-12-22)31(2,3)4)19-32(5,33)18-24-15-23-16-28(36-6)29(37-7)17-27(23)30(24)35/h8,10,12-13,16-17,21,24,26H,9,11,14-15,18-20H2,1-7H3. The molecule has 1 heterocycles. The monoisotopic (exact) mass is 509 g/mol. The summed E-state index contributed by atoms with van der Waals surface area (Å²) in [5.41, 5.74) is 2.98. The number of rotatable bonds is 8. The van der Waals surface area contributed by atoms with E-state index in [1.54, 1.807) is 27.2 Å². The number of fused-ring (bicyclic) bond motifs is 1. The highest BCUT2D eigenvalue weighted by Gasteiger charge is 2.41. The van der Waals surface area contributed by atoms with Crippen molar-refractivity contribution in [2.24, 2.45) is 11.3 Å². The maximum absolute atomic E-state index is 16.1. The van der Waals surface area contributed by atoms with Gasteiger partial charge in [0.1, 0.15) is 5.67 Å². The number of carbonyl (C=O) groups is 1. The van der Waals surface area contributed by atoms with Gasteiger partial charge in [0.2, 0.25) is 0 Å². The number of nitrogens with zero attached hydrogens (tertiary/aromatic N) is 1. The van der Waals surface area contributed by atoms with Crippen LogP contribution in [0.4, 0.5) is 4.39 Å². The zero-order chi connectivity index (χ0) is 27.0. The number of likely N-dealkylation sites (tertiary alicyclic amines) is 1. The van der Waals surface area contributed by atoms with Crippen molar-refractivity contribution in [3.8, 4) is 11.5 Å². The van der Waals surface area contributed by atoms with Crippen LogP contribution in [0.15, 0.2) is 47.6 Å². The number of allylic oxidation sites excluding steroid dienone is 5. The molecule has 4 unspecified atom stereocenters. The second-order valence-corrected chi connectivity index (χ2v) is 12.5. The first-order valence-corrected chi connectivity index (χ1v) is 13.7. The third-order valence-corrected chi connectivity index (χ3v) is 8.43. The molecule has 5 heteroatoms. The number of hydrogen-bond acceptors (Lipinski definition) is 4. The normalized spacial score (nSPS) is 25.8. The quantitative estimate of drug-likeness (QED) is 0.369. The van der Waals surface area contributed by atoms with Crippen molar-refractivity contribution >= 4 is 5.78 Å². The molecule has 4 atom stereocenters. The fraction of sp³-hybridized carbons (Fsp3) is 0.594. The topological polar surface area (TPSA) is 38.8 Å². The van der Waals surface area contributed by atoms with Crippen molar-refractivity contribution in [2.45, 2.75) is 90.9 Å². The summed E-state index contributed by atoms with van der Waals surface area (Å²) in [5, 5.41) is 0. The van der Waals surface area contributed by atoms with Crippen molar-refractivity contribution in [3.63, 3.8) is 0 Å². The van der Waals surface area contributed by atoms with E-state index in [2.05, 4.69) is 56.9 Å². The van der Waals surface area contributed by atoms with E-state index < -0.39 is 5.67 Å². The maximum Gasteiger partial charge on any atom is 0.166 e. The summed E-state index contributed by atoms with van der Waals surface area (Å²) in [6, 6.07) is 4.23. The largest absolute Gasteiger partial charge is 0.493 e. The SMILES string of the molecule is COc1cc2c(cc1OC)C(=O)C(CC(C)(F)CC1CCC(C)N1CC1=CC=C(C(C)(C)C)C=CC1)C2. The highest BCUT2D eigenvalue weighted by Crippen LogP contribution is 2.42. The van der Waals surface area contributed by atoms with Crippen LogP contribution in [0.25, 0.3) is 0 Å². The van der Waals surface area contributed by atoms with Crippen LogP contribution in [0, 0.1) is 11.3 Å². The second-order valence-electron chi connectivity index (χ2n) is 12.5. The minimum atomic E-state index is -1.42. The van der Waals surface area contributed by atoms with E-state index in [0.29, 0.717) is 35.9 Å². The summed E-state index contributed by atoms with van der Waals surface area (Å²) in [6.45, 7) is 11.5. The highest BCUT2D eigenvalue weighted by atomic mass is 19.1. The molecule has 1 saturated heterocycles. The zero-order valence-electron chi connectivity index (χ0n) is 23.7. The predicted octanol–water partition coefficient (Wildman–Crippen LogP) is 7.28. The van der Waals surface area contributed by atoms with Crippen molar-refractivity contribution in [1.82, 2.24) is 4.90 Å². The van der Waals surface area contributed by atoms with Gasteiger partial charge in [0.15, 0.2) is 17.3 Å². The van der Waals surface area contributed by atoms with Gasteiger partial charge in [-0.1, -0.05) is 50.6 Å². The Balaban J connectivity index is 1.43. The Morgan fingerprint density at radius 1 is 1.03 bits per heavy atom. The lowest BCUT2D eigenvalue weighted by Gasteiger charge is -2.34. The van der Waals surface area contributed by atoms with E-state index in [9.17, 15) is 4.79 Å². The van der Waals surface area contributed by atoms with E-state index in [4.69, 9.17) is 9.47 Å². The number of alkyl halides is 1. The average molecular weight is 510 g/mol.